The molecule has 1 aliphatic carbocycles. The predicted molar refractivity (Wildman–Crippen MR) is 128 cm³/mol. The Labute approximate surface area is 190 Å². The molecule has 1 aromatic carbocycles. The van der Waals surface area contributed by atoms with Gasteiger partial charge < -0.3 is 14.3 Å². The summed E-state index contributed by atoms with van der Waals surface area (Å²) >= 11 is 0. The average Bonchev–Trinajstić information content (AvgIpc) is 2.77. The van der Waals surface area contributed by atoms with E-state index < -0.39 is 12.1 Å². The standard InChI is InChI=1S/C16H20O4.C11H24/c1-12(9-10-17)20-16(18)11-19-15-8-4-6-13-5-2-3-7-14(13)15;1-3-5-7-9-11-10-8-6-4-2/h4,6,8,10,12H,2-3,5,7,9,11H2,1H3;3-11H2,1-2H3. The number of benzene rings is 1. The maximum Gasteiger partial charge on any atom is 0.344 e. The first-order valence-electron chi connectivity index (χ1n) is 12.5. The molecule has 0 saturated carbocycles. The number of hydrogen-bond acceptors (Lipinski definition) is 4. The van der Waals surface area contributed by atoms with E-state index >= 15 is 0 Å². The average molecular weight is 433 g/mol. The van der Waals surface area contributed by atoms with Crippen molar-refractivity contribution in [3.63, 3.8) is 0 Å². The van der Waals surface area contributed by atoms with Crippen molar-refractivity contribution >= 4 is 12.3 Å². The number of aryl methyl sites for hydroxylation is 1. The largest absolute Gasteiger partial charge is 0.482 e. The molecule has 1 aromatic rings. The van der Waals surface area contributed by atoms with Crippen LogP contribution in [-0.4, -0.2) is 25.0 Å². The summed E-state index contributed by atoms with van der Waals surface area (Å²) in [4.78, 5) is 21.9. The molecule has 2 rings (SSSR count). The number of hydrogen-bond donors (Lipinski definition) is 0. The van der Waals surface area contributed by atoms with Crippen molar-refractivity contribution in [2.75, 3.05) is 6.61 Å². The van der Waals surface area contributed by atoms with Gasteiger partial charge in [-0.15, -0.1) is 0 Å². The Morgan fingerprint density at radius 3 is 2.19 bits per heavy atom. The molecular formula is C27H44O4. The summed E-state index contributed by atoms with van der Waals surface area (Å²) in [5.41, 5.74) is 2.53. The van der Waals surface area contributed by atoms with Crippen LogP contribution in [-0.2, 0) is 27.2 Å². The zero-order valence-corrected chi connectivity index (χ0v) is 20.1. The van der Waals surface area contributed by atoms with E-state index in [1.54, 1.807) is 6.92 Å². The first-order chi connectivity index (χ1) is 15.1. The quantitative estimate of drug-likeness (QED) is 0.180. The molecule has 31 heavy (non-hydrogen) atoms. The number of aldehydes is 1. The Hall–Kier alpha value is -1.84. The van der Waals surface area contributed by atoms with Crippen molar-refractivity contribution in [3.8, 4) is 5.75 Å². The van der Waals surface area contributed by atoms with Gasteiger partial charge in [0.15, 0.2) is 6.61 Å². The number of rotatable bonds is 14. The zero-order valence-electron chi connectivity index (χ0n) is 20.1. The molecule has 0 heterocycles. The van der Waals surface area contributed by atoms with Gasteiger partial charge in [0.2, 0.25) is 0 Å². The van der Waals surface area contributed by atoms with Gasteiger partial charge >= 0.3 is 5.97 Å². The summed E-state index contributed by atoms with van der Waals surface area (Å²) in [5.74, 6) is 0.343. The molecule has 0 fully saturated rings. The van der Waals surface area contributed by atoms with Gasteiger partial charge in [-0.25, -0.2) is 4.79 Å². The third-order valence-electron chi connectivity index (χ3n) is 5.67. The molecule has 0 radical (unpaired) electrons. The first-order valence-corrected chi connectivity index (χ1v) is 12.5. The second-order valence-corrected chi connectivity index (χ2v) is 8.57. The van der Waals surface area contributed by atoms with Gasteiger partial charge in [-0.3, -0.25) is 0 Å². The van der Waals surface area contributed by atoms with E-state index in [2.05, 4.69) is 19.9 Å². The fraction of sp³-hybridized carbons (Fsp3) is 0.704. The summed E-state index contributed by atoms with van der Waals surface area (Å²) < 4.78 is 10.6. The molecule has 0 amide bonds. The van der Waals surface area contributed by atoms with E-state index in [0.717, 1.165) is 31.3 Å². The van der Waals surface area contributed by atoms with Gasteiger partial charge in [0.25, 0.3) is 0 Å². The third-order valence-corrected chi connectivity index (χ3v) is 5.67. The molecule has 0 aliphatic heterocycles. The van der Waals surface area contributed by atoms with E-state index in [4.69, 9.17) is 9.47 Å². The zero-order chi connectivity index (χ0) is 22.7. The van der Waals surface area contributed by atoms with Gasteiger partial charge in [0, 0.05) is 6.42 Å². The van der Waals surface area contributed by atoms with Crippen LogP contribution < -0.4 is 4.74 Å². The lowest BCUT2D eigenvalue weighted by Gasteiger charge is -2.19. The third kappa shape index (κ3) is 12.6. The van der Waals surface area contributed by atoms with Gasteiger partial charge in [-0.05, 0) is 49.8 Å². The van der Waals surface area contributed by atoms with Crippen LogP contribution in [0.1, 0.15) is 109 Å². The molecule has 0 saturated heterocycles. The van der Waals surface area contributed by atoms with Crippen molar-refractivity contribution in [1.29, 1.82) is 0 Å². The number of fused-ring (bicyclic) bond motifs is 1. The minimum Gasteiger partial charge on any atom is -0.482 e. The molecule has 1 aliphatic rings. The molecular weight excluding hydrogens is 388 g/mol. The summed E-state index contributed by atoms with van der Waals surface area (Å²) in [6, 6.07) is 5.97. The maximum absolute atomic E-state index is 11.6. The van der Waals surface area contributed by atoms with E-state index in [0.29, 0.717) is 0 Å². The predicted octanol–water partition coefficient (Wildman–Crippen LogP) is 7.00. The Bertz CT molecular complexity index is 603. The summed E-state index contributed by atoms with van der Waals surface area (Å²) in [7, 11) is 0. The topological polar surface area (TPSA) is 52.6 Å². The molecule has 4 nitrogen and oxygen atoms in total. The van der Waals surface area contributed by atoms with Crippen molar-refractivity contribution in [3.05, 3.63) is 29.3 Å². The minimum atomic E-state index is -0.437. The molecule has 0 N–H and O–H groups in total. The van der Waals surface area contributed by atoms with Gasteiger partial charge in [0.05, 0.1) is 0 Å². The number of ether oxygens (including phenoxy) is 2. The summed E-state index contributed by atoms with van der Waals surface area (Å²) in [6.07, 6.45) is 18.0. The fourth-order valence-electron chi connectivity index (χ4n) is 3.84. The number of carbonyl (C=O) groups is 2. The molecule has 1 unspecified atom stereocenters. The van der Waals surface area contributed by atoms with Crippen LogP contribution in [0.15, 0.2) is 18.2 Å². The molecule has 0 spiro atoms. The molecule has 1 atom stereocenters. The number of esters is 1. The monoisotopic (exact) mass is 432 g/mol. The van der Waals surface area contributed by atoms with Crippen LogP contribution in [0.25, 0.3) is 0 Å². The maximum atomic E-state index is 11.6. The normalized spacial score (nSPS) is 13.4. The van der Waals surface area contributed by atoms with Crippen LogP contribution in [0.3, 0.4) is 0 Å². The van der Waals surface area contributed by atoms with E-state index in [1.807, 2.05) is 12.1 Å². The lowest BCUT2D eigenvalue weighted by molar-refractivity contribution is -0.151. The van der Waals surface area contributed by atoms with Gasteiger partial charge in [-0.2, -0.15) is 0 Å². The van der Waals surface area contributed by atoms with Crippen LogP contribution in [0.5, 0.6) is 5.75 Å². The molecule has 176 valence electrons. The summed E-state index contributed by atoms with van der Waals surface area (Å²) in [5, 5.41) is 0. The Morgan fingerprint density at radius 2 is 1.58 bits per heavy atom. The second kappa shape index (κ2) is 17.8. The van der Waals surface area contributed by atoms with Crippen molar-refractivity contribution in [2.45, 2.75) is 117 Å². The fourth-order valence-corrected chi connectivity index (χ4v) is 3.84. The highest BCUT2D eigenvalue weighted by atomic mass is 16.6. The van der Waals surface area contributed by atoms with Crippen molar-refractivity contribution in [2.24, 2.45) is 0 Å². The van der Waals surface area contributed by atoms with Crippen LogP contribution in [0.4, 0.5) is 0 Å². The van der Waals surface area contributed by atoms with E-state index in [-0.39, 0.29) is 13.0 Å². The SMILES string of the molecule is CC(CC=O)OC(=O)COc1cccc2c1CCCC2.CCCCCCCCCCC. The Morgan fingerprint density at radius 1 is 0.968 bits per heavy atom. The Balaban J connectivity index is 0.000000373. The van der Waals surface area contributed by atoms with Crippen LogP contribution in [0.2, 0.25) is 0 Å². The summed E-state index contributed by atoms with van der Waals surface area (Å²) in [6.45, 7) is 6.13. The highest BCUT2D eigenvalue weighted by molar-refractivity contribution is 5.71. The highest BCUT2D eigenvalue weighted by Crippen LogP contribution is 2.29. The number of carbonyl (C=O) groups excluding carboxylic acids is 2. The van der Waals surface area contributed by atoms with Gasteiger partial charge in [0.1, 0.15) is 18.1 Å². The van der Waals surface area contributed by atoms with Crippen LogP contribution >= 0.6 is 0 Å². The van der Waals surface area contributed by atoms with Crippen LogP contribution in [0, 0.1) is 0 Å². The molecule has 4 heteroatoms. The Kier molecular flexibility index (Phi) is 15.6. The second-order valence-electron chi connectivity index (χ2n) is 8.57. The van der Waals surface area contributed by atoms with Crippen molar-refractivity contribution < 1.29 is 19.1 Å². The first kappa shape index (κ1) is 27.2. The number of unbranched alkanes of at least 4 members (excludes halogenated alkanes) is 8. The highest BCUT2D eigenvalue weighted by Gasteiger charge is 2.15. The van der Waals surface area contributed by atoms with E-state index in [1.165, 1.54) is 75.3 Å². The smallest absolute Gasteiger partial charge is 0.344 e. The van der Waals surface area contributed by atoms with Crippen molar-refractivity contribution in [1.82, 2.24) is 0 Å². The molecule has 0 aromatic heterocycles. The lowest BCUT2D eigenvalue weighted by Crippen LogP contribution is -2.21. The van der Waals surface area contributed by atoms with E-state index in [9.17, 15) is 9.59 Å². The minimum absolute atomic E-state index is 0.111. The lowest BCUT2D eigenvalue weighted by atomic mass is 9.91. The van der Waals surface area contributed by atoms with Gasteiger partial charge in [-0.1, -0.05) is 83.8 Å². The molecule has 0 bridgehead atoms.